The molecule has 2 atom stereocenters. The lowest BCUT2D eigenvalue weighted by molar-refractivity contribution is -0.142. The molecule has 0 aliphatic carbocycles. The fraction of sp³-hybridized carbons (Fsp3) is 0.929. The number of sulfonamides is 1. The summed E-state index contributed by atoms with van der Waals surface area (Å²) in [5, 5.41) is 6.32. The third kappa shape index (κ3) is 3.85. The van der Waals surface area contributed by atoms with Crippen molar-refractivity contribution in [3.8, 4) is 0 Å². The van der Waals surface area contributed by atoms with E-state index >= 15 is 0 Å². The van der Waals surface area contributed by atoms with E-state index in [1.807, 2.05) is 6.92 Å². The van der Waals surface area contributed by atoms with Gasteiger partial charge in [0.2, 0.25) is 10.0 Å². The largest absolute Gasteiger partial charge is 0.368 e. The van der Waals surface area contributed by atoms with E-state index in [1.165, 1.54) is 4.31 Å². The number of piperazine rings is 1. The maximum absolute atomic E-state index is 12.6. The van der Waals surface area contributed by atoms with Crippen LogP contribution in [0.15, 0.2) is 0 Å². The van der Waals surface area contributed by atoms with E-state index in [4.69, 9.17) is 4.74 Å². The third-order valence-corrected chi connectivity index (χ3v) is 6.96. The molecule has 0 radical (unpaired) electrons. The van der Waals surface area contributed by atoms with Crippen molar-refractivity contribution in [2.45, 2.75) is 31.4 Å². The maximum atomic E-state index is 12.6. The average Bonchev–Trinajstić information content (AvgIpc) is 3.18. The van der Waals surface area contributed by atoms with E-state index in [9.17, 15) is 13.2 Å². The Kier molecular flexibility index (Phi) is 4.93. The Labute approximate surface area is 137 Å². The Bertz CT molecular complexity index is 533. The predicted molar refractivity (Wildman–Crippen MR) is 85.3 cm³/mol. The molecule has 1 amide bonds. The first-order chi connectivity index (χ1) is 10.9. The van der Waals surface area contributed by atoms with E-state index in [0.717, 1.165) is 12.8 Å². The molecule has 2 N–H and O–H groups in total. The molecule has 3 fully saturated rings. The Morgan fingerprint density at radius 2 is 2.04 bits per heavy atom. The Hall–Kier alpha value is -0.740. The minimum Gasteiger partial charge on any atom is -0.368 e. The first-order valence-electron chi connectivity index (χ1n) is 8.24. The number of hydrogen-bond donors (Lipinski definition) is 2. The highest BCUT2D eigenvalue weighted by Gasteiger charge is 2.38. The van der Waals surface area contributed by atoms with E-state index in [1.54, 1.807) is 4.90 Å². The van der Waals surface area contributed by atoms with Gasteiger partial charge in [0.15, 0.2) is 0 Å². The summed E-state index contributed by atoms with van der Waals surface area (Å²) in [5.74, 6) is 0.0836. The van der Waals surface area contributed by atoms with Crippen molar-refractivity contribution in [3.05, 3.63) is 0 Å². The molecule has 3 rings (SSSR count). The zero-order chi connectivity index (χ0) is 16.5. The van der Waals surface area contributed by atoms with Gasteiger partial charge >= 0.3 is 0 Å². The molecular formula is C14H26N4O4S. The molecule has 8 nitrogen and oxygen atoms in total. The number of amides is 1. The summed E-state index contributed by atoms with van der Waals surface area (Å²) in [6, 6.07) is 0. The molecular weight excluding hydrogens is 320 g/mol. The Morgan fingerprint density at radius 1 is 1.30 bits per heavy atom. The predicted octanol–water partition coefficient (Wildman–Crippen LogP) is -1.45. The highest BCUT2D eigenvalue weighted by Crippen LogP contribution is 2.18. The van der Waals surface area contributed by atoms with Crippen LogP contribution in [0, 0.1) is 0 Å². The van der Waals surface area contributed by atoms with E-state index < -0.39 is 15.6 Å². The SMILES string of the molecule is C[C@@]1(CS(=O)(=O)N2CCN(C(=O)C3CCCO3)CC2)CNCN1. The molecule has 3 heterocycles. The van der Waals surface area contributed by atoms with Crippen molar-refractivity contribution in [1.29, 1.82) is 0 Å². The second-order valence-electron chi connectivity index (χ2n) is 6.82. The second-order valence-corrected chi connectivity index (χ2v) is 8.79. The topological polar surface area (TPSA) is 91.0 Å². The zero-order valence-corrected chi connectivity index (χ0v) is 14.4. The number of ether oxygens (including phenoxy) is 1. The van der Waals surface area contributed by atoms with Crippen LogP contribution < -0.4 is 10.6 Å². The van der Waals surface area contributed by atoms with Crippen molar-refractivity contribution < 1.29 is 17.9 Å². The smallest absolute Gasteiger partial charge is 0.251 e. The number of rotatable bonds is 4. The number of carbonyl (C=O) groups is 1. The summed E-state index contributed by atoms with van der Waals surface area (Å²) in [4.78, 5) is 14.0. The van der Waals surface area contributed by atoms with Crippen LogP contribution in [-0.4, -0.2) is 86.9 Å². The summed E-state index contributed by atoms with van der Waals surface area (Å²) in [5.41, 5.74) is -0.427. The lowest BCUT2D eigenvalue weighted by Crippen LogP contribution is -2.56. The molecule has 3 aliphatic rings. The van der Waals surface area contributed by atoms with E-state index in [2.05, 4.69) is 10.6 Å². The van der Waals surface area contributed by atoms with Gasteiger partial charge in [0.1, 0.15) is 6.10 Å². The Balaban J connectivity index is 1.54. The number of nitrogens with zero attached hydrogens (tertiary/aromatic N) is 2. The van der Waals surface area contributed by atoms with Crippen LogP contribution in [0.2, 0.25) is 0 Å². The first-order valence-corrected chi connectivity index (χ1v) is 9.85. The third-order valence-electron chi connectivity index (χ3n) is 4.81. The number of hydrogen-bond acceptors (Lipinski definition) is 6. The normalized spacial score (nSPS) is 33.3. The molecule has 0 aromatic carbocycles. The minimum absolute atomic E-state index is 0.00756. The van der Waals surface area contributed by atoms with Crippen molar-refractivity contribution >= 4 is 15.9 Å². The summed E-state index contributed by atoms with van der Waals surface area (Å²) >= 11 is 0. The fourth-order valence-corrected chi connectivity index (χ4v) is 5.35. The van der Waals surface area contributed by atoms with Crippen molar-refractivity contribution in [2.24, 2.45) is 0 Å². The monoisotopic (exact) mass is 346 g/mol. The maximum Gasteiger partial charge on any atom is 0.251 e. The molecule has 9 heteroatoms. The first kappa shape index (κ1) is 17.1. The van der Waals surface area contributed by atoms with Crippen LogP contribution in [0.5, 0.6) is 0 Å². The summed E-state index contributed by atoms with van der Waals surface area (Å²) in [6.45, 7) is 5.46. The van der Waals surface area contributed by atoms with Gasteiger partial charge in [-0.25, -0.2) is 8.42 Å². The molecule has 23 heavy (non-hydrogen) atoms. The van der Waals surface area contributed by atoms with E-state index in [-0.39, 0.29) is 17.8 Å². The van der Waals surface area contributed by atoms with Crippen molar-refractivity contribution in [3.63, 3.8) is 0 Å². The molecule has 3 aliphatic heterocycles. The van der Waals surface area contributed by atoms with Gasteiger partial charge < -0.3 is 15.0 Å². The van der Waals surface area contributed by atoms with Gasteiger partial charge in [0.05, 0.1) is 5.75 Å². The number of nitrogens with one attached hydrogen (secondary N) is 2. The van der Waals surface area contributed by atoms with Crippen LogP contribution in [0.3, 0.4) is 0 Å². The van der Waals surface area contributed by atoms with Crippen LogP contribution in [-0.2, 0) is 19.6 Å². The minimum atomic E-state index is -3.33. The van der Waals surface area contributed by atoms with Crippen LogP contribution in [0.25, 0.3) is 0 Å². The van der Waals surface area contributed by atoms with Gasteiger partial charge in [-0.05, 0) is 19.8 Å². The average molecular weight is 346 g/mol. The highest BCUT2D eigenvalue weighted by molar-refractivity contribution is 7.89. The summed E-state index contributed by atoms with van der Waals surface area (Å²) < 4.78 is 32.2. The molecule has 0 aromatic rings. The van der Waals surface area contributed by atoms with Gasteiger partial charge in [-0.1, -0.05) is 0 Å². The zero-order valence-electron chi connectivity index (χ0n) is 13.6. The van der Waals surface area contributed by atoms with Crippen LogP contribution >= 0.6 is 0 Å². The number of carbonyl (C=O) groups excluding carboxylic acids is 1. The second kappa shape index (κ2) is 6.64. The highest BCUT2D eigenvalue weighted by atomic mass is 32.2. The fourth-order valence-electron chi connectivity index (χ4n) is 3.44. The lowest BCUT2D eigenvalue weighted by Gasteiger charge is -2.36. The van der Waals surface area contributed by atoms with E-state index in [0.29, 0.717) is 46.0 Å². The van der Waals surface area contributed by atoms with Crippen molar-refractivity contribution in [1.82, 2.24) is 19.8 Å². The molecule has 3 saturated heterocycles. The van der Waals surface area contributed by atoms with Crippen molar-refractivity contribution in [2.75, 3.05) is 51.8 Å². The quantitative estimate of drug-likeness (QED) is 0.647. The molecule has 0 saturated carbocycles. The Morgan fingerprint density at radius 3 is 2.61 bits per heavy atom. The molecule has 132 valence electrons. The molecule has 0 aromatic heterocycles. The van der Waals surface area contributed by atoms with Gasteiger partial charge in [-0.2, -0.15) is 4.31 Å². The molecule has 0 bridgehead atoms. The van der Waals surface area contributed by atoms with Crippen LogP contribution in [0.1, 0.15) is 19.8 Å². The summed E-state index contributed by atoms with van der Waals surface area (Å²) in [6.07, 6.45) is 1.37. The lowest BCUT2D eigenvalue weighted by atomic mass is 10.1. The van der Waals surface area contributed by atoms with Gasteiger partial charge in [0.25, 0.3) is 5.91 Å². The standard InChI is InChI=1S/C14H26N4O4S/c1-14(9-15-11-16-14)10-23(20,21)18-6-4-17(5-7-18)13(19)12-3-2-8-22-12/h12,15-16H,2-11H2,1H3/t12?,14-/m0/s1. The summed E-state index contributed by atoms with van der Waals surface area (Å²) in [7, 11) is -3.33. The van der Waals surface area contributed by atoms with Gasteiger partial charge in [-0.15, -0.1) is 0 Å². The van der Waals surface area contributed by atoms with Crippen LogP contribution in [0.4, 0.5) is 0 Å². The van der Waals surface area contributed by atoms with Gasteiger partial charge in [0, 0.05) is 51.5 Å². The van der Waals surface area contributed by atoms with Gasteiger partial charge in [-0.3, -0.25) is 10.1 Å². The molecule has 0 spiro atoms. The molecule has 1 unspecified atom stereocenters.